The summed E-state index contributed by atoms with van der Waals surface area (Å²) in [6.45, 7) is 13.9. The van der Waals surface area contributed by atoms with Gasteiger partial charge in [-0.1, -0.05) is 6.92 Å². The van der Waals surface area contributed by atoms with E-state index in [2.05, 4.69) is 34.3 Å². The highest BCUT2D eigenvalue weighted by Gasteiger charge is 2.23. The van der Waals surface area contributed by atoms with E-state index >= 15 is 0 Å². The molecule has 146 valence electrons. The Kier molecular flexibility index (Phi) is 9.58. The van der Waals surface area contributed by atoms with Crippen molar-refractivity contribution >= 4 is 5.96 Å². The molecule has 0 saturated carbocycles. The van der Waals surface area contributed by atoms with Crippen molar-refractivity contribution in [3.8, 4) is 0 Å². The number of likely N-dealkylation sites (N-methyl/N-ethyl adjacent to an activating group) is 1. The maximum Gasteiger partial charge on any atom is 0.191 e. The highest BCUT2D eigenvalue weighted by atomic mass is 16.5. The van der Waals surface area contributed by atoms with Gasteiger partial charge in [0.1, 0.15) is 0 Å². The normalized spacial score (nSPS) is 24.0. The average molecular weight is 354 g/mol. The summed E-state index contributed by atoms with van der Waals surface area (Å²) < 4.78 is 5.18. The first kappa shape index (κ1) is 20.5. The molecule has 0 bridgehead atoms. The quantitative estimate of drug-likeness (QED) is 0.485. The first-order valence-corrected chi connectivity index (χ1v) is 10.2. The summed E-state index contributed by atoms with van der Waals surface area (Å²) in [5.74, 6) is 1.71. The fraction of sp³-hybridized carbons (Fsp3) is 0.947. The largest absolute Gasteiger partial charge is 0.383 e. The molecule has 2 aliphatic rings. The van der Waals surface area contributed by atoms with Crippen molar-refractivity contribution in [3.05, 3.63) is 0 Å². The molecular weight excluding hydrogens is 314 g/mol. The van der Waals surface area contributed by atoms with Gasteiger partial charge in [-0.05, 0) is 64.7 Å². The first-order valence-electron chi connectivity index (χ1n) is 10.2. The molecule has 1 unspecified atom stereocenters. The zero-order chi connectivity index (χ0) is 17.9. The Labute approximate surface area is 154 Å². The Bertz CT molecular complexity index is 382. The summed E-state index contributed by atoms with van der Waals surface area (Å²) in [7, 11) is 1.78. The summed E-state index contributed by atoms with van der Waals surface area (Å²) in [6.07, 6.45) is 5.13. The fourth-order valence-corrected chi connectivity index (χ4v) is 3.93. The maximum absolute atomic E-state index is 5.18. The molecule has 0 radical (unpaired) electrons. The summed E-state index contributed by atoms with van der Waals surface area (Å²) in [6, 6.07) is 0.665. The van der Waals surface area contributed by atoms with E-state index in [-0.39, 0.29) is 0 Å². The minimum atomic E-state index is 0.665. The van der Waals surface area contributed by atoms with Crippen molar-refractivity contribution in [1.29, 1.82) is 0 Å². The summed E-state index contributed by atoms with van der Waals surface area (Å²) in [4.78, 5) is 9.95. The van der Waals surface area contributed by atoms with Crippen molar-refractivity contribution in [3.63, 3.8) is 0 Å². The van der Waals surface area contributed by atoms with Gasteiger partial charge in [0.15, 0.2) is 5.96 Å². The number of hydrogen-bond acceptors (Lipinski definition) is 4. The van der Waals surface area contributed by atoms with Gasteiger partial charge in [-0.15, -0.1) is 0 Å². The van der Waals surface area contributed by atoms with Gasteiger partial charge in [0.2, 0.25) is 0 Å². The molecule has 6 heteroatoms. The van der Waals surface area contributed by atoms with E-state index in [9.17, 15) is 0 Å². The number of ether oxygens (including phenoxy) is 1. The smallest absolute Gasteiger partial charge is 0.191 e. The Hall–Kier alpha value is -0.850. The second-order valence-corrected chi connectivity index (χ2v) is 7.30. The third-order valence-corrected chi connectivity index (χ3v) is 5.58. The van der Waals surface area contributed by atoms with E-state index in [1.54, 1.807) is 7.11 Å². The zero-order valence-corrected chi connectivity index (χ0v) is 16.6. The topological polar surface area (TPSA) is 52.1 Å². The minimum Gasteiger partial charge on any atom is -0.383 e. The second kappa shape index (κ2) is 11.7. The molecule has 2 saturated heterocycles. The number of piperidine rings is 1. The van der Waals surface area contributed by atoms with Crippen LogP contribution in [0, 0.1) is 5.92 Å². The van der Waals surface area contributed by atoms with Crippen LogP contribution in [0.15, 0.2) is 4.99 Å². The van der Waals surface area contributed by atoms with E-state index < -0.39 is 0 Å². The molecule has 0 amide bonds. The van der Waals surface area contributed by atoms with Crippen molar-refractivity contribution in [2.24, 2.45) is 10.9 Å². The molecule has 1 atom stereocenters. The third kappa shape index (κ3) is 7.12. The van der Waals surface area contributed by atoms with E-state index in [0.717, 1.165) is 45.3 Å². The number of hydrogen-bond donors (Lipinski definition) is 2. The number of methoxy groups -OCH3 is 1. The average Bonchev–Trinajstić information content (AvgIpc) is 3.10. The number of rotatable bonds is 9. The van der Waals surface area contributed by atoms with Crippen LogP contribution >= 0.6 is 0 Å². The van der Waals surface area contributed by atoms with E-state index in [0.29, 0.717) is 12.0 Å². The van der Waals surface area contributed by atoms with Crippen LogP contribution in [-0.2, 0) is 4.74 Å². The van der Waals surface area contributed by atoms with E-state index in [1.165, 1.54) is 45.3 Å². The number of likely N-dealkylation sites (tertiary alicyclic amines) is 2. The van der Waals surface area contributed by atoms with Crippen LogP contribution in [0.3, 0.4) is 0 Å². The lowest BCUT2D eigenvalue weighted by Crippen LogP contribution is -2.45. The highest BCUT2D eigenvalue weighted by Crippen LogP contribution is 2.17. The van der Waals surface area contributed by atoms with Crippen LogP contribution < -0.4 is 10.6 Å². The van der Waals surface area contributed by atoms with Crippen LogP contribution in [0.5, 0.6) is 0 Å². The Morgan fingerprint density at radius 3 is 2.60 bits per heavy atom. The SMILES string of the molecule is CCNC(=NCC1CCN(CCOC)CC1)NCC1CCCN1CC. The van der Waals surface area contributed by atoms with Gasteiger partial charge in [-0.2, -0.15) is 0 Å². The molecule has 0 aromatic carbocycles. The van der Waals surface area contributed by atoms with Gasteiger partial charge in [0.05, 0.1) is 6.61 Å². The van der Waals surface area contributed by atoms with Crippen molar-refractivity contribution < 1.29 is 4.74 Å². The number of guanidine groups is 1. The Morgan fingerprint density at radius 1 is 1.12 bits per heavy atom. The summed E-state index contributed by atoms with van der Waals surface area (Å²) >= 11 is 0. The van der Waals surface area contributed by atoms with Crippen LogP contribution in [0.25, 0.3) is 0 Å². The van der Waals surface area contributed by atoms with Crippen molar-refractivity contribution in [1.82, 2.24) is 20.4 Å². The van der Waals surface area contributed by atoms with Gasteiger partial charge in [-0.25, -0.2) is 0 Å². The highest BCUT2D eigenvalue weighted by molar-refractivity contribution is 5.79. The molecular formula is C19H39N5O. The standard InChI is InChI=1S/C19H39N5O/c1-4-20-19(22-16-18-7-6-10-24(18)5-2)21-15-17-8-11-23(12-9-17)13-14-25-3/h17-18H,4-16H2,1-3H3,(H2,20,21,22). The monoisotopic (exact) mass is 353 g/mol. The third-order valence-electron chi connectivity index (χ3n) is 5.58. The Morgan fingerprint density at radius 2 is 1.92 bits per heavy atom. The van der Waals surface area contributed by atoms with Gasteiger partial charge in [0, 0.05) is 39.3 Å². The van der Waals surface area contributed by atoms with Crippen LogP contribution in [0.4, 0.5) is 0 Å². The van der Waals surface area contributed by atoms with Gasteiger partial charge < -0.3 is 20.3 Å². The molecule has 0 aliphatic carbocycles. The molecule has 2 N–H and O–H groups in total. The number of nitrogens with zero attached hydrogens (tertiary/aromatic N) is 3. The van der Waals surface area contributed by atoms with Gasteiger partial charge in [-0.3, -0.25) is 9.89 Å². The lowest BCUT2D eigenvalue weighted by atomic mass is 9.97. The van der Waals surface area contributed by atoms with Crippen LogP contribution in [-0.4, -0.2) is 87.9 Å². The maximum atomic E-state index is 5.18. The molecule has 0 aromatic heterocycles. The molecule has 2 aliphatic heterocycles. The predicted octanol–water partition coefficient (Wildman–Crippen LogP) is 1.38. The molecule has 25 heavy (non-hydrogen) atoms. The second-order valence-electron chi connectivity index (χ2n) is 7.30. The molecule has 0 spiro atoms. The van der Waals surface area contributed by atoms with Crippen LogP contribution in [0.2, 0.25) is 0 Å². The first-order chi connectivity index (χ1) is 12.3. The zero-order valence-electron chi connectivity index (χ0n) is 16.6. The molecule has 0 aromatic rings. The van der Waals surface area contributed by atoms with Crippen molar-refractivity contribution in [2.45, 2.75) is 45.6 Å². The summed E-state index contributed by atoms with van der Waals surface area (Å²) in [5, 5.41) is 6.98. The van der Waals surface area contributed by atoms with Gasteiger partial charge >= 0.3 is 0 Å². The van der Waals surface area contributed by atoms with Crippen LogP contribution in [0.1, 0.15) is 39.5 Å². The van der Waals surface area contributed by atoms with Gasteiger partial charge in [0.25, 0.3) is 0 Å². The molecule has 2 heterocycles. The van der Waals surface area contributed by atoms with Crippen molar-refractivity contribution in [2.75, 3.05) is 66.1 Å². The number of aliphatic imine (C=N–C) groups is 1. The Balaban J connectivity index is 1.72. The number of nitrogens with one attached hydrogen (secondary N) is 2. The van der Waals surface area contributed by atoms with E-state index in [1.807, 2.05) is 0 Å². The minimum absolute atomic E-state index is 0.665. The van der Waals surface area contributed by atoms with E-state index in [4.69, 9.17) is 9.73 Å². The fourth-order valence-electron chi connectivity index (χ4n) is 3.93. The summed E-state index contributed by atoms with van der Waals surface area (Å²) in [5.41, 5.74) is 0. The molecule has 2 fully saturated rings. The molecule has 2 rings (SSSR count). The lowest BCUT2D eigenvalue weighted by molar-refractivity contribution is 0.121. The molecule has 6 nitrogen and oxygen atoms in total. The lowest BCUT2D eigenvalue weighted by Gasteiger charge is -2.31. The predicted molar refractivity (Wildman–Crippen MR) is 105 cm³/mol.